The molecule has 7 heteroatoms. The lowest BCUT2D eigenvalue weighted by Crippen LogP contribution is -2.10. The van der Waals surface area contributed by atoms with Crippen LogP contribution < -0.4 is 5.73 Å². The van der Waals surface area contributed by atoms with Gasteiger partial charge in [-0.2, -0.15) is 0 Å². The highest BCUT2D eigenvalue weighted by molar-refractivity contribution is 9.10. The summed E-state index contributed by atoms with van der Waals surface area (Å²) >= 11 is 15.5. The maximum absolute atomic E-state index is 11.3. The molecule has 0 spiro atoms. The van der Waals surface area contributed by atoms with Gasteiger partial charge >= 0.3 is 0 Å². The predicted molar refractivity (Wildman–Crippen MR) is 87.8 cm³/mol. The van der Waals surface area contributed by atoms with E-state index in [1.165, 1.54) is 0 Å². The molecule has 1 heterocycles. The summed E-state index contributed by atoms with van der Waals surface area (Å²) in [6, 6.07) is 8.46. The Morgan fingerprint density at radius 3 is 2.67 bits per heavy atom. The molecule has 2 aromatic carbocycles. The Morgan fingerprint density at radius 1 is 1.24 bits per heavy atom. The van der Waals surface area contributed by atoms with Crippen LogP contribution in [0.4, 0.5) is 0 Å². The number of nitrogens with two attached hydrogens (primary N) is 1. The number of halogens is 3. The smallest absolute Gasteiger partial charge is 0.248 e. The number of carbonyl (C=O) groups excluding carboxylic acids is 1. The number of hydrogen-bond donors (Lipinski definition) is 2. The molecule has 0 saturated carbocycles. The van der Waals surface area contributed by atoms with Crippen LogP contribution in [0.5, 0.6) is 0 Å². The first kappa shape index (κ1) is 14.4. The number of hydrogen-bond acceptors (Lipinski definition) is 2. The number of H-pyrrole nitrogens is 1. The van der Waals surface area contributed by atoms with E-state index in [2.05, 4.69) is 25.9 Å². The molecule has 1 amide bonds. The summed E-state index contributed by atoms with van der Waals surface area (Å²) in [5.41, 5.74) is 7.81. The van der Waals surface area contributed by atoms with Crippen molar-refractivity contribution >= 4 is 56.1 Å². The van der Waals surface area contributed by atoms with Crippen molar-refractivity contribution in [1.82, 2.24) is 9.97 Å². The number of imidazole rings is 1. The van der Waals surface area contributed by atoms with E-state index in [4.69, 9.17) is 28.9 Å². The van der Waals surface area contributed by atoms with Crippen LogP contribution in [0, 0.1) is 0 Å². The van der Waals surface area contributed by atoms with Gasteiger partial charge in [0.05, 0.1) is 10.5 Å². The molecule has 0 bridgehead atoms. The van der Waals surface area contributed by atoms with Crippen molar-refractivity contribution in [3.63, 3.8) is 0 Å². The van der Waals surface area contributed by atoms with Crippen LogP contribution in [-0.4, -0.2) is 15.9 Å². The molecule has 3 rings (SSSR count). The zero-order valence-electron chi connectivity index (χ0n) is 10.5. The minimum Gasteiger partial charge on any atom is -0.366 e. The van der Waals surface area contributed by atoms with Crippen molar-refractivity contribution in [3.05, 3.63) is 50.4 Å². The average molecular weight is 385 g/mol. The van der Waals surface area contributed by atoms with Gasteiger partial charge in [0.25, 0.3) is 0 Å². The third-order valence-electron chi connectivity index (χ3n) is 3.01. The van der Waals surface area contributed by atoms with E-state index < -0.39 is 5.91 Å². The molecule has 4 nitrogen and oxygen atoms in total. The summed E-state index contributed by atoms with van der Waals surface area (Å²) in [5.74, 6) is 0.0901. The van der Waals surface area contributed by atoms with Crippen molar-refractivity contribution in [2.24, 2.45) is 5.73 Å². The number of fused-ring (bicyclic) bond motifs is 1. The first-order chi connectivity index (χ1) is 9.95. The highest BCUT2D eigenvalue weighted by atomic mass is 79.9. The molecule has 3 aromatic rings. The molecule has 1 aromatic heterocycles. The molecule has 0 fully saturated rings. The van der Waals surface area contributed by atoms with Gasteiger partial charge in [-0.05, 0) is 46.3 Å². The standard InChI is InChI=1S/C14H8BrCl2N3O/c15-9-3-6(13(18)21)4-11-12(9)20-14(19-11)8-2-1-7(16)5-10(8)17/h1-5H,(H2,18,21)(H,19,20). The van der Waals surface area contributed by atoms with E-state index in [1.54, 1.807) is 30.3 Å². The Kier molecular flexibility index (Phi) is 3.65. The lowest BCUT2D eigenvalue weighted by molar-refractivity contribution is 0.100. The van der Waals surface area contributed by atoms with Crippen LogP contribution in [-0.2, 0) is 0 Å². The van der Waals surface area contributed by atoms with Crippen LogP contribution in [0.15, 0.2) is 34.8 Å². The number of benzene rings is 2. The van der Waals surface area contributed by atoms with E-state index in [9.17, 15) is 4.79 Å². The van der Waals surface area contributed by atoms with Gasteiger partial charge in [-0.3, -0.25) is 4.79 Å². The Balaban J connectivity index is 2.21. The van der Waals surface area contributed by atoms with E-state index in [0.29, 0.717) is 36.9 Å². The summed E-state index contributed by atoms with van der Waals surface area (Å²) < 4.78 is 0.682. The van der Waals surface area contributed by atoms with Crippen LogP contribution in [0.25, 0.3) is 22.4 Å². The van der Waals surface area contributed by atoms with Gasteiger partial charge in [0.1, 0.15) is 11.3 Å². The molecule has 21 heavy (non-hydrogen) atoms. The molecule has 0 unspecified atom stereocenters. The van der Waals surface area contributed by atoms with Gasteiger partial charge in [-0.15, -0.1) is 0 Å². The van der Waals surface area contributed by atoms with Crippen LogP contribution in [0.3, 0.4) is 0 Å². The van der Waals surface area contributed by atoms with E-state index in [1.807, 2.05) is 0 Å². The van der Waals surface area contributed by atoms with E-state index in [0.717, 1.165) is 5.56 Å². The Bertz CT molecular complexity index is 876. The molecule has 0 saturated heterocycles. The van der Waals surface area contributed by atoms with Crippen molar-refractivity contribution < 1.29 is 4.79 Å². The number of aromatic amines is 1. The lowest BCUT2D eigenvalue weighted by atomic mass is 10.2. The molecule has 106 valence electrons. The van der Waals surface area contributed by atoms with E-state index >= 15 is 0 Å². The number of primary amides is 1. The predicted octanol–water partition coefficient (Wildman–Crippen LogP) is 4.40. The monoisotopic (exact) mass is 383 g/mol. The minimum absolute atomic E-state index is 0.395. The molecule has 0 aliphatic heterocycles. The maximum Gasteiger partial charge on any atom is 0.248 e. The number of carbonyl (C=O) groups is 1. The zero-order valence-corrected chi connectivity index (χ0v) is 13.6. The highest BCUT2D eigenvalue weighted by Gasteiger charge is 2.13. The van der Waals surface area contributed by atoms with Crippen molar-refractivity contribution in [3.8, 4) is 11.4 Å². The fourth-order valence-corrected chi connectivity index (χ4v) is 3.07. The summed E-state index contributed by atoms with van der Waals surface area (Å²) in [4.78, 5) is 18.9. The average Bonchev–Trinajstić information content (AvgIpc) is 2.82. The molecule has 3 N–H and O–H groups in total. The largest absolute Gasteiger partial charge is 0.366 e. The topological polar surface area (TPSA) is 71.8 Å². The maximum atomic E-state index is 11.3. The van der Waals surface area contributed by atoms with Gasteiger partial charge in [0.15, 0.2) is 0 Å². The van der Waals surface area contributed by atoms with Crippen LogP contribution in [0.1, 0.15) is 10.4 Å². The first-order valence-electron chi connectivity index (χ1n) is 5.90. The Hall–Kier alpha value is -1.56. The summed E-state index contributed by atoms with van der Waals surface area (Å²) in [5, 5.41) is 1.05. The molecule has 0 aliphatic rings. The van der Waals surface area contributed by atoms with Crippen LogP contribution in [0.2, 0.25) is 10.0 Å². The quantitative estimate of drug-likeness (QED) is 0.687. The first-order valence-corrected chi connectivity index (χ1v) is 7.45. The Labute approximate surface area is 138 Å². The fourth-order valence-electron chi connectivity index (χ4n) is 2.03. The van der Waals surface area contributed by atoms with E-state index in [-0.39, 0.29) is 0 Å². The minimum atomic E-state index is -0.502. The second-order valence-corrected chi connectivity index (χ2v) is 6.13. The third-order valence-corrected chi connectivity index (χ3v) is 4.16. The highest BCUT2D eigenvalue weighted by Crippen LogP contribution is 2.32. The van der Waals surface area contributed by atoms with Crippen molar-refractivity contribution in [2.45, 2.75) is 0 Å². The number of aromatic nitrogens is 2. The number of nitrogens with one attached hydrogen (secondary N) is 1. The van der Waals surface area contributed by atoms with Gasteiger partial charge in [-0.25, -0.2) is 4.98 Å². The van der Waals surface area contributed by atoms with Crippen molar-refractivity contribution in [2.75, 3.05) is 0 Å². The fraction of sp³-hybridized carbons (Fsp3) is 0. The number of nitrogens with zero attached hydrogens (tertiary/aromatic N) is 1. The van der Waals surface area contributed by atoms with Crippen molar-refractivity contribution in [1.29, 1.82) is 0 Å². The number of rotatable bonds is 2. The second-order valence-electron chi connectivity index (χ2n) is 4.43. The van der Waals surface area contributed by atoms with Crippen LogP contribution >= 0.6 is 39.1 Å². The second kappa shape index (κ2) is 5.33. The SMILES string of the molecule is NC(=O)c1cc(Br)c2nc(-c3ccc(Cl)cc3Cl)[nH]c2c1. The summed E-state index contributed by atoms with van der Waals surface area (Å²) in [6.45, 7) is 0. The molecule has 0 radical (unpaired) electrons. The Morgan fingerprint density at radius 2 is 2.00 bits per heavy atom. The van der Waals surface area contributed by atoms with Gasteiger partial charge in [0, 0.05) is 20.6 Å². The lowest BCUT2D eigenvalue weighted by Gasteiger charge is -2.00. The van der Waals surface area contributed by atoms with Gasteiger partial charge < -0.3 is 10.7 Å². The zero-order chi connectivity index (χ0) is 15.1. The number of amides is 1. The summed E-state index contributed by atoms with van der Waals surface area (Å²) in [7, 11) is 0. The molecule has 0 aliphatic carbocycles. The van der Waals surface area contributed by atoms with Gasteiger partial charge in [-0.1, -0.05) is 23.2 Å². The molecular formula is C14H8BrCl2N3O. The third kappa shape index (κ3) is 2.64. The van der Waals surface area contributed by atoms with Gasteiger partial charge in [0.2, 0.25) is 5.91 Å². The molecule has 0 atom stereocenters. The normalized spacial score (nSPS) is 11.0. The summed E-state index contributed by atoms with van der Waals surface area (Å²) in [6.07, 6.45) is 0. The molecular weight excluding hydrogens is 377 g/mol.